The summed E-state index contributed by atoms with van der Waals surface area (Å²) in [7, 11) is 0. The van der Waals surface area contributed by atoms with Crippen molar-refractivity contribution in [1.29, 1.82) is 0 Å². The van der Waals surface area contributed by atoms with Gasteiger partial charge in [-0.1, -0.05) is 31.4 Å². The standard InChI is InChI=1S/C31H38N2O5.C4H6O6/c34-23-9-8-20-15-24-31(37)11-10-22(33-25(35)16-21(29(33)36)14-18-4-2-1-3-5-18)28-30(31,26(20)27(23)38-28)12-13-32(24)17-19-6-7-19;5-1(3(7)8)2(6)4(9)10/h8-9,14,18-19,22,24,28,34,37H,1-7,10-13,15-17H2;1-2,5-6H,(H,7,8)(H,9,10)/t22-,24-,28+,30+,31-;/m1./s1. The molecule has 0 aromatic heterocycles. The third kappa shape index (κ3) is 5.12. The third-order valence-corrected chi connectivity index (χ3v) is 12.1. The summed E-state index contributed by atoms with van der Waals surface area (Å²) in [5, 5.41) is 56.1. The Hall–Kier alpha value is -3.52. The van der Waals surface area contributed by atoms with Gasteiger partial charge in [-0.2, -0.15) is 0 Å². The van der Waals surface area contributed by atoms with Crippen molar-refractivity contribution in [2.45, 2.75) is 118 Å². The number of rotatable bonds is 7. The summed E-state index contributed by atoms with van der Waals surface area (Å²) in [6, 6.07) is 3.24. The van der Waals surface area contributed by atoms with E-state index in [0.717, 1.165) is 49.4 Å². The Morgan fingerprint density at radius 1 is 0.979 bits per heavy atom. The number of likely N-dealkylation sites (tertiary alicyclic amines) is 2. The molecule has 7 aliphatic rings. The summed E-state index contributed by atoms with van der Waals surface area (Å²) >= 11 is 0. The first-order chi connectivity index (χ1) is 22.9. The van der Waals surface area contributed by atoms with Crippen LogP contribution in [0.15, 0.2) is 23.8 Å². The van der Waals surface area contributed by atoms with E-state index in [4.69, 9.17) is 25.2 Å². The van der Waals surface area contributed by atoms with Gasteiger partial charge in [0.2, 0.25) is 5.91 Å². The maximum atomic E-state index is 13.8. The van der Waals surface area contributed by atoms with Gasteiger partial charge >= 0.3 is 11.9 Å². The Bertz CT molecular complexity index is 1530. The van der Waals surface area contributed by atoms with Crippen LogP contribution in [0.5, 0.6) is 11.5 Å². The molecule has 5 fully saturated rings. The molecule has 48 heavy (non-hydrogen) atoms. The number of carbonyl (C=O) groups is 4. The number of aliphatic hydroxyl groups excluding tert-OH is 2. The highest BCUT2D eigenvalue weighted by atomic mass is 16.5. The molecule has 7 atom stereocenters. The topological polar surface area (TPSA) is 205 Å². The summed E-state index contributed by atoms with van der Waals surface area (Å²) < 4.78 is 6.62. The van der Waals surface area contributed by atoms with Gasteiger partial charge in [0.05, 0.1) is 23.5 Å². The molecule has 4 aliphatic carbocycles. The molecular formula is C35H44N2O11. The summed E-state index contributed by atoms with van der Waals surface area (Å²) in [6.45, 7) is 1.88. The number of hydrogen-bond acceptors (Lipinski definition) is 10. The minimum absolute atomic E-state index is 0.0152. The van der Waals surface area contributed by atoms with Crippen molar-refractivity contribution in [2.75, 3.05) is 13.1 Å². The summed E-state index contributed by atoms with van der Waals surface area (Å²) in [5.74, 6) is -2.20. The molecule has 2 amide bonds. The number of aliphatic hydroxyl groups is 3. The smallest absolute Gasteiger partial charge is 0.335 e. The second kappa shape index (κ2) is 12.1. The number of carbonyl (C=O) groups excluding carboxylic acids is 2. The third-order valence-electron chi connectivity index (χ3n) is 12.1. The molecule has 3 aliphatic heterocycles. The largest absolute Gasteiger partial charge is 0.504 e. The van der Waals surface area contributed by atoms with Gasteiger partial charge in [0.1, 0.15) is 6.10 Å². The molecule has 3 saturated carbocycles. The molecule has 6 N–H and O–H groups in total. The maximum absolute atomic E-state index is 13.8. The van der Waals surface area contributed by atoms with E-state index in [1.165, 1.54) is 37.0 Å². The maximum Gasteiger partial charge on any atom is 0.335 e. The lowest BCUT2D eigenvalue weighted by Gasteiger charge is -2.64. The molecule has 2 bridgehead atoms. The van der Waals surface area contributed by atoms with E-state index in [1.807, 2.05) is 6.07 Å². The number of nitrogens with zero attached hydrogens (tertiary/aromatic N) is 2. The minimum Gasteiger partial charge on any atom is -0.504 e. The number of carboxylic acids is 2. The number of amides is 2. The minimum atomic E-state index is -2.27. The second-order valence-electron chi connectivity index (χ2n) is 14.8. The van der Waals surface area contributed by atoms with Crippen LogP contribution < -0.4 is 4.74 Å². The van der Waals surface area contributed by atoms with Crippen LogP contribution in [0.3, 0.4) is 0 Å². The molecule has 3 heterocycles. The van der Waals surface area contributed by atoms with Gasteiger partial charge in [-0.15, -0.1) is 0 Å². The van der Waals surface area contributed by atoms with E-state index in [-0.39, 0.29) is 30.0 Å². The molecule has 0 radical (unpaired) electrons. The molecule has 2 saturated heterocycles. The lowest BCUT2D eigenvalue weighted by molar-refractivity contribution is -0.201. The molecule has 1 spiro atoms. The highest BCUT2D eigenvalue weighted by Gasteiger charge is 2.74. The predicted octanol–water partition coefficient (Wildman–Crippen LogP) is 1.47. The zero-order valence-corrected chi connectivity index (χ0v) is 26.8. The quantitative estimate of drug-likeness (QED) is 0.181. The number of hydrogen-bond donors (Lipinski definition) is 6. The van der Waals surface area contributed by atoms with E-state index < -0.39 is 47.3 Å². The van der Waals surface area contributed by atoms with Gasteiger partial charge < -0.3 is 35.4 Å². The number of imide groups is 1. The lowest BCUT2D eigenvalue weighted by Crippen LogP contribution is -2.78. The molecule has 1 aromatic rings. The Kier molecular flexibility index (Phi) is 8.33. The molecule has 8 rings (SSSR count). The Morgan fingerprint density at radius 2 is 1.67 bits per heavy atom. The molecule has 2 unspecified atom stereocenters. The molecular weight excluding hydrogens is 624 g/mol. The van der Waals surface area contributed by atoms with Crippen molar-refractivity contribution in [2.24, 2.45) is 11.8 Å². The summed E-state index contributed by atoms with van der Waals surface area (Å²) in [6.07, 6.45) is 8.00. The van der Waals surface area contributed by atoms with Gasteiger partial charge in [0.25, 0.3) is 5.91 Å². The van der Waals surface area contributed by atoms with E-state index in [0.29, 0.717) is 36.5 Å². The fourth-order valence-electron chi connectivity index (χ4n) is 9.63. The van der Waals surface area contributed by atoms with Gasteiger partial charge in [0, 0.05) is 23.7 Å². The zero-order valence-electron chi connectivity index (χ0n) is 26.8. The average Bonchev–Trinajstić information content (AvgIpc) is 3.74. The van der Waals surface area contributed by atoms with Gasteiger partial charge in [-0.05, 0) is 81.4 Å². The van der Waals surface area contributed by atoms with Crippen molar-refractivity contribution in [3.8, 4) is 11.5 Å². The highest BCUT2D eigenvalue weighted by molar-refractivity contribution is 6.13. The van der Waals surface area contributed by atoms with Crippen molar-refractivity contribution >= 4 is 23.8 Å². The van der Waals surface area contributed by atoms with E-state index in [1.54, 1.807) is 6.07 Å². The number of piperidine rings is 1. The monoisotopic (exact) mass is 668 g/mol. The highest BCUT2D eigenvalue weighted by Crippen LogP contribution is 2.66. The van der Waals surface area contributed by atoms with E-state index in [2.05, 4.69) is 11.0 Å². The van der Waals surface area contributed by atoms with Crippen LogP contribution in [0.2, 0.25) is 0 Å². The van der Waals surface area contributed by atoms with Gasteiger partial charge in [-0.25, -0.2) is 9.59 Å². The van der Waals surface area contributed by atoms with Crippen LogP contribution in [0, 0.1) is 11.8 Å². The first-order valence-corrected chi connectivity index (χ1v) is 17.2. The number of aromatic hydroxyl groups is 1. The number of carboxylic acid groups (broad SMARTS) is 2. The summed E-state index contributed by atoms with van der Waals surface area (Å²) in [5.41, 5.74) is 0.973. The number of phenolic OH excluding ortho intramolecular Hbond substituents is 1. The molecule has 1 aromatic carbocycles. The van der Waals surface area contributed by atoms with E-state index in [9.17, 15) is 29.4 Å². The number of phenols is 1. The van der Waals surface area contributed by atoms with Crippen LogP contribution in [-0.4, -0.2) is 113 Å². The lowest BCUT2D eigenvalue weighted by atomic mass is 9.48. The van der Waals surface area contributed by atoms with Crippen LogP contribution in [0.1, 0.15) is 81.8 Å². The molecule has 260 valence electrons. The fourth-order valence-corrected chi connectivity index (χ4v) is 9.63. The fraction of sp³-hybridized carbons (Fsp3) is 0.657. The van der Waals surface area contributed by atoms with Crippen molar-refractivity contribution in [1.82, 2.24) is 9.80 Å². The number of benzene rings is 1. The van der Waals surface area contributed by atoms with Gasteiger partial charge in [-0.3, -0.25) is 19.4 Å². The van der Waals surface area contributed by atoms with Crippen LogP contribution in [0.25, 0.3) is 0 Å². The Balaban J connectivity index is 0.000000320. The predicted molar refractivity (Wildman–Crippen MR) is 167 cm³/mol. The molecule has 13 heteroatoms. The number of aliphatic carboxylic acids is 2. The molecule has 13 nitrogen and oxygen atoms in total. The summed E-state index contributed by atoms with van der Waals surface area (Å²) in [4.78, 5) is 50.8. The first kappa shape index (κ1) is 33.0. The SMILES string of the molecule is O=C(O)C(O)C(O)C(=O)O.O=C1CC(=CC2CCCCC2)C(=O)N1[C@@H]1CC[C@@]2(O)[C@H]3Cc4ccc(O)c5c4[C@@]2(CCN3CC2CC2)[C@H]1O5. The van der Waals surface area contributed by atoms with Crippen LogP contribution in [0.4, 0.5) is 0 Å². The van der Waals surface area contributed by atoms with Gasteiger partial charge in [0.15, 0.2) is 23.7 Å². The number of allylic oxidation sites excluding steroid dienone is 1. The second-order valence-corrected chi connectivity index (χ2v) is 14.8. The average molecular weight is 669 g/mol. The Morgan fingerprint density at radius 3 is 2.31 bits per heavy atom. The normalized spacial score (nSPS) is 34.6. The Labute approximate surface area is 277 Å². The zero-order chi connectivity index (χ0) is 34.1. The van der Waals surface area contributed by atoms with Crippen molar-refractivity contribution < 1.29 is 54.6 Å². The van der Waals surface area contributed by atoms with Crippen molar-refractivity contribution in [3.63, 3.8) is 0 Å². The van der Waals surface area contributed by atoms with Crippen molar-refractivity contribution in [3.05, 3.63) is 34.9 Å². The van der Waals surface area contributed by atoms with Crippen LogP contribution in [-0.2, 0) is 31.0 Å². The number of ether oxygens (including phenoxy) is 1. The van der Waals surface area contributed by atoms with E-state index >= 15 is 0 Å². The van der Waals surface area contributed by atoms with Crippen LogP contribution >= 0.6 is 0 Å². The first-order valence-electron chi connectivity index (χ1n) is 17.2.